The Morgan fingerprint density at radius 3 is 2.50 bits per heavy atom. The van der Waals surface area contributed by atoms with Gasteiger partial charge in [-0.1, -0.05) is 32.9 Å². The van der Waals surface area contributed by atoms with Gasteiger partial charge in [0, 0.05) is 28.3 Å². The molecule has 1 aliphatic carbocycles. The highest BCUT2D eigenvalue weighted by molar-refractivity contribution is 9.11. The number of nitrogens with two attached hydrogens (primary N) is 1. The maximum Gasteiger partial charge on any atom is 0.162 e. The molecule has 0 amide bonds. The molecule has 0 spiro atoms. The van der Waals surface area contributed by atoms with Gasteiger partial charge in [0.05, 0.1) is 21.3 Å². The lowest BCUT2D eigenvalue weighted by molar-refractivity contribution is -0.118. The van der Waals surface area contributed by atoms with Crippen molar-refractivity contribution in [3.8, 4) is 6.07 Å². The van der Waals surface area contributed by atoms with E-state index in [-0.39, 0.29) is 11.2 Å². The fraction of sp³-hybridized carbons (Fsp3) is 0.333. The highest BCUT2D eigenvalue weighted by atomic mass is 79.9. The van der Waals surface area contributed by atoms with Crippen LogP contribution in [0.5, 0.6) is 0 Å². The number of carbonyl (C=O) groups excluding carboxylic acids is 1. The first-order chi connectivity index (χ1) is 14.3. The second-order valence-electron chi connectivity index (χ2n) is 8.64. The van der Waals surface area contributed by atoms with Crippen molar-refractivity contribution in [2.75, 3.05) is 4.90 Å². The molecule has 1 aromatic carbocycles. The van der Waals surface area contributed by atoms with Gasteiger partial charge in [-0.15, -0.1) is 11.3 Å². The molecule has 1 aliphatic heterocycles. The summed E-state index contributed by atoms with van der Waals surface area (Å²) < 4.78 is 0.969. The zero-order chi connectivity index (χ0) is 21.6. The van der Waals surface area contributed by atoms with Crippen LogP contribution in [-0.2, 0) is 11.2 Å². The lowest BCUT2D eigenvalue weighted by atomic mass is 9.69. The van der Waals surface area contributed by atoms with Gasteiger partial charge in [-0.3, -0.25) is 9.69 Å². The Hall–Kier alpha value is -2.36. The molecular weight excluding hydrogens is 458 g/mol. The smallest absolute Gasteiger partial charge is 0.162 e. The number of hydrogen-bond acceptors (Lipinski definition) is 5. The Kier molecular flexibility index (Phi) is 5.37. The van der Waals surface area contributed by atoms with Gasteiger partial charge in [0.25, 0.3) is 0 Å². The van der Waals surface area contributed by atoms with E-state index in [2.05, 4.69) is 54.9 Å². The molecule has 4 rings (SSSR count). The molecule has 0 saturated heterocycles. The summed E-state index contributed by atoms with van der Waals surface area (Å²) in [7, 11) is 0. The first-order valence-corrected chi connectivity index (χ1v) is 11.7. The number of anilines is 1. The number of allylic oxidation sites excluding steroid dienone is 3. The molecule has 30 heavy (non-hydrogen) atoms. The highest BCUT2D eigenvalue weighted by Crippen LogP contribution is 2.51. The minimum Gasteiger partial charge on any atom is -0.384 e. The molecule has 0 radical (unpaired) electrons. The predicted octanol–water partition coefficient (Wildman–Crippen LogP) is 6.01. The van der Waals surface area contributed by atoms with Gasteiger partial charge in [-0.2, -0.15) is 5.26 Å². The molecule has 0 fully saturated rings. The Bertz CT molecular complexity index is 1120. The third kappa shape index (κ3) is 3.51. The van der Waals surface area contributed by atoms with E-state index in [9.17, 15) is 10.1 Å². The number of benzene rings is 1. The standard InChI is InChI=1S/C24H24BrN3OS/c1-4-14-5-7-15(8-6-14)28-17-11-24(2,3)12-18(29)22(17)21(16(13-26)23(28)27)19-9-10-20(25)30-19/h5-10,21H,4,11-12,27H2,1-3H3. The Balaban J connectivity index is 1.96. The lowest BCUT2D eigenvalue weighted by Crippen LogP contribution is -2.42. The molecule has 1 unspecified atom stereocenters. The van der Waals surface area contributed by atoms with E-state index in [4.69, 9.17) is 5.73 Å². The zero-order valence-electron chi connectivity index (χ0n) is 17.3. The van der Waals surface area contributed by atoms with Crippen molar-refractivity contribution in [3.05, 3.63) is 73.3 Å². The molecule has 2 aliphatic rings. The average Bonchev–Trinajstić information content (AvgIpc) is 3.12. The summed E-state index contributed by atoms with van der Waals surface area (Å²) in [5, 5.41) is 10.1. The first kappa shape index (κ1) is 20.9. The van der Waals surface area contributed by atoms with Gasteiger partial charge in [0.1, 0.15) is 5.82 Å². The summed E-state index contributed by atoms with van der Waals surface area (Å²) in [6, 6.07) is 14.5. The van der Waals surface area contributed by atoms with E-state index in [1.807, 2.05) is 29.2 Å². The number of aryl methyl sites for hydroxylation is 1. The molecule has 2 aromatic rings. The Labute approximate surface area is 189 Å². The van der Waals surface area contributed by atoms with Gasteiger partial charge in [-0.05, 0) is 64.0 Å². The van der Waals surface area contributed by atoms with Crippen molar-refractivity contribution in [2.24, 2.45) is 11.1 Å². The number of carbonyl (C=O) groups is 1. The van der Waals surface area contributed by atoms with Crippen LogP contribution in [0.3, 0.4) is 0 Å². The highest BCUT2D eigenvalue weighted by Gasteiger charge is 2.45. The number of ketones is 1. The molecule has 154 valence electrons. The van der Waals surface area contributed by atoms with Crippen LogP contribution in [0.15, 0.2) is 62.8 Å². The molecule has 0 bridgehead atoms. The molecule has 1 aromatic heterocycles. The number of rotatable bonds is 3. The van der Waals surface area contributed by atoms with E-state index < -0.39 is 5.92 Å². The van der Waals surface area contributed by atoms with Crippen LogP contribution in [0.25, 0.3) is 0 Å². The molecular formula is C24H24BrN3OS. The monoisotopic (exact) mass is 481 g/mol. The molecule has 4 nitrogen and oxygen atoms in total. The predicted molar refractivity (Wildman–Crippen MR) is 125 cm³/mol. The van der Waals surface area contributed by atoms with Crippen molar-refractivity contribution in [1.29, 1.82) is 5.26 Å². The van der Waals surface area contributed by atoms with Gasteiger partial charge >= 0.3 is 0 Å². The van der Waals surface area contributed by atoms with Crippen molar-refractivity contribution in [1.82, 2.24) is 0 Å². The van der Waals surface area contributed by atoms with Crippen molar-refractivity contribution in [3.63, 3.8) is 0 Å². The van der Waals surface area contributed by atoms with Crippen LogP contribution >= 0.6 is 27.3 Å². The lowest BCUT2D eigenvalue weighted by Gasteiger charge is -2.43. The number of halogens is 1. The summed E-state index contributed by atoms with van der Waals surface area (Å²) >= 11 is 5.06. The van der Waals surface area contributed by atoms with E-state index in [0.717, 1.165) is 32.9 Å². The summed E-state index contributed by atoms with van der Waals surface area (Å²) in [4.78, 5) is 16.3. The molecule has 2 heterocycles. The summed E-state index contributed by atoms with van der Waals surface area (Å²) in [5.41, 5.74) is 10.7. The van der Waals surface area contributed by atoms with Crippen LogP contribution in [-0.4, -0.2) is 5.78 Å². The van der Waals surface area contributed by atoms with Crippen molar-refractivity contribution in [2.45, 2.75) is 46.0 Å². The SMILES string of the molecule is CCc1ccc(N2C(N)=C(C#N)C(c3ccc(Br)s3)C3=C2CC(C)(C)CC3=O)cc1. The van der Waals surface area contributed by atoms with E-state index in [1.165, 1.54) is 5.56 Å². The van der Waals surface area contributed by atoms with Crippen molar-refractivity contribution >= 4 is 38.7 Å². The Morgan fingerprint density at radius 2 is 1.93 bits per heavy atom. The Morgan fingerprint density at radius 1 is 1.23 bits per heavy atom. The fourth-order valence-corrected chi connectivity index (χ4v) is 6.00. The number of hydrogen-bond donors (Lipinski definition) is 1. The normalized spacial score (nSPS) is 21.0. The summed E-state index contributed by atoms with van der Waals surface area (Å²) in [6.07, 6.45) is 2.14. The van der Waals surface area contributed by atoms with Crippen LogP contribution in [0.2, 0.25) is 0 Å². The number of thiophene rings is 1. The topological polar surface area (TPSA) is 70.1 Å². The second kappa shape index (κ2) is 7.72. The molecule has 1 atom stereocenters. The zero-order valence-corrected chi connectivity index (χ0v) is 19.7. The maximum absolute atomic E-state index is 13.4. The first-order valence-electron chi connectivity index (χ1n) is 10.1. The van der Waals surface area contributed by atoms with Crippen LogP contribution in [0, 0.1) is 16.7 Å². The van der Waals surface area contributed by atoms with Gasteiger partial charge in [0.15, 0.2) is 5.78 Å². The number of nitrogens with zero attached hydrogens (tertiary/aromatic N) is 2. The minimum absolute atomic E-state index is 0.103. The average molecular weight is 482 g/mol. The third-order valence-electron chi connectivity index (χ3n) is 5.86. The van der Waals surface area contributed by atoms with Gasteiger partial charge in [-0.25, -0.2) is 0 Å². The summed E-state index contributed by atoms with van der Waals surface area (Å²) in [5.74, 6) is 0.114. The van der Waals surface area contributed by atoms with Crippen LogP contribution in [0.4, 0.5) is 5.69 Å². The summed E-state index contributed by atoms with van der Waals surface area (Å²) in [6.45, 7) is 6.34. The van der Waals surface area contributed by atoms with E-state index in [1.54, 1.807) is 11.3 Å². The maximum atomic E-state index is 13.4. The quantitative estimate of drug-likeness (QED) is 0.582. The number of nitriles is 1. The molecule has 6 heteroatoms. The largest absolute Gasteiger partial charge is 0.384 e. The van der Waals surface area contributed by atoms with E-state index >= 15 is 0 Å². The fourth-order valence-electron chi connectivity index (χ4n) is 4.45. The second-order valence-corrected chi connectivity index (χ2v) is 11.1. The van der Waals surface area contributed by atoms with E-state index in [0.29, 0.717) is 23.4 Å². The van der Waals surface area contributed by atoms with Gasteiger partial charge < -0.3 is 5.73 Å². The molecule has 2 N–H and O–H groups in total. The third-order valence-corrected chi connectivity index (χ3v) is 7.55. The van der Waals surface area contributed by atoms with Crippen LogP contribution < -0.4 is 10.6 Å². The van der Waals surface area contributed by atoms with Crippen molar-refractivity contribution < 1.29 is 4.79 Å². The number of Topliss-reactive ketones (excluding diaryl/α,β-unsaturated/α-hetero) is 1. The van der Waals surface area contributed by atoms with Crippen LogP contribution in [0.1, 0.15) is 50.0 Å². The van der Waals surface area contributed by atoms with Gasteiger partial charge in [0.2, 0.25) is 0 Å². The molecule has 0 saturated carbocycles. The minimum atomic E-state index is -0.406.